The van der Waals surface area contributed by atoms with E-state index in [1.54, 1.807) is 24.3 Å². The number of amides is 1. The Morgan fingerprint density at radius 1 is 1.11 bits per heavy atom. The highest BCUT2D eigenvalue weighted by Crippen LogP contribution is 2.21. The van der Waals surface area contributed by atoms with Crippen molar-refractivity contribution in [3.05, 3.63) is 56.8 Å². The number of ether oxygens (including phenoxy) is 1. The molecule has 0 saturated heterocycles. The van der Waals surface area contributed by atoms with Gasteiger partial charge in [-0.05, 0) is 44.9 Å². The first-order chi connectivity index (χ1) is 12.7. The van der Waals surface area contributed by atoms with Crippen LogP contribution < -0.4 is 5.32 Å². The van der Waals surface area contributed by atoms with Crippen molar-refractivity contribution in [2.75, 3.05) is 6.61 Å². The zero-order valence-electron chi connectivity index (χ0n) is 16.3. The molecule has 0 saturated carbocycles. The van der Waals surface area contributed by atoms with Crippen molar-refractivity contribution in [2.24, 2.45) is 5.92 Å². The van der Waals surface area contributed by atoms with Crippen LogP contribution in [0.4, 0.5) is 0 Å². The van der Waals surface area contributed by atoms with Gasteiger partial charge in [-0.1, -0.05) is 31.5 Å². The maximum Gasteiger partial charge on any atom is 0.329 e. The second-order valence-electron chi connectivity index (χ2n) is 6.92. The third-order valence-electron chi connectivity index (χ3n) is 4.17. The number of carbonyl (C=O) groups excluding carboxylic acids is 3. The van der Waals surface area contributed by atoms with Crippen LogP contribution in [-0.4, -0.2) is 30.3 Å². The molecule has 0 aliphatic carbocycles. The fraction of sp³-hybridized carbons (Fsp3) is 0.381. The Balaban J connectivity index is 2.01. The molecule has 2 rings (SSSR count). The molecule has 27 heavy (non-hydrogen) atoms. The highest BCUT2D eigenvalue weighted by Gasteiger charge is 2.27. The first kappa shape index (κ1) is 20.8. The zero-order chi connectivity index (χ0) is 20.1. The monoisotopic (exact) mass is 387 g/mol. The molecule has 2 aromatic rings. The molecule has 0 spiro atoms. The van der Waals surface area contributed by atoms with Crippen LogP contribution in [0.2, 0.25) is 0 Å². The van der Waals surface area contributed by atoms with Gasteiger partial charge in [-0.15, -0.1) is 11.3 Å². The average Bonchev–Trinajstić information content (AvgIpc) is 2.95. The van der Waals surface area contributed by atoms with Gasteiger partial charge in [-0.2, -0.15) is 0 Å². The normalized spacial score (nSPS) is 11.9. The van der Waals surface area contributed by atoms with Crippen LogP contribution in [-0.2, 0) is 9.53 Å². The predicted octanol–water partition coefficient (Wildman–Crippen LogP) is 3.85. The fourth-order valence-corrected chi connectivity index (χ4v) is 3.66. The number of Topliss-reactive ketones (excluding diaryl/α,β-unsaturated/α-hetero) is 1. The second-order valence-corrected chi connectivity index (χ2v) is 8.38. The number of thiophene rings is 1. The Bertz CT molecular complexity index is 854. The van der Waals surface area contributed by atoms with E-state index in [0.717, 1.165) is 15.3 Å². The second kappa shape index (κ2) is 8.95. The standard InChI is InChI=1S/C21H25NO4S/c1-12(2)19(22-20(24)16-8-6-7-13(3)9-16)21(25)26-11-18(23)17-10-14(4)27-15(17)5/h6-10,12,19H,11H2,1-5H3,(H,22,24)/t19-/m0/s1. The molecule has 0 aliphatic heterocycles. The van der Waals surface area contributed by atoms with Crippen LogP contribution in [0.25, 0.3) is 0 Å². The van der Waals surface area contributed by atoms with Crippen molar-refractivity contribution in [3.63, 3.8) is 0 Å². The molecule has 0 bridgehead atoms. The Hall–Kier alpha value is -2.47. The SMILES string of the molecule is Cc1cccc(C(=O)N[C@H](C(=O)OCC(=O)c2cc(C)sc2C)C(C)C)c1. The van der Waals surface area contributed by atoms with E-state index in [2.05, 4.69) is 5.32 Å². The van der Waals surface area contributed by atoms with Crippen LogP contribution in [0.15, 0.2) is 30.3 Å². The molecule has 1 N–H and O–H groups in total. The Morgan fingerprint density at radius 3 is 2.37 bits per heavy atom. The van der Waals surface area contributed by atoms with E-state index in [0.29, 0.717) is 11.1 Å². The minimum Gasteiger partial charge on any atom is -0.456 e. The van der Waals surface area contributed by atoms with Gasteiger partial charge in [0.15, 0.2) is 6.61 Å². The number of rotatable bonds is 7. The molecule has 5 nitrogen and oxygen atoms in total. The van der Waals surface area contributed by atoms with Gasteiger partial charge >= 0.3 is 5.97 Å². The summed E-state index contributed by atoms with van der Waals surface area (Å²) in [5.74, 6) is -1.36. The molecule has 0 radical (unpaired) electrons. The highest BCUT2D eigenvalue weighted by molar-refractivity contribution is 7.12. The van der Waals surface area contributed by atoms with Gasteiger partial charge in [0.2, 0.25) is 5.78 Å². The number of esters is 1. The minimum absolute atomic E-state index is 0.175. The molecule has 1 aromatic carbocycles. The van der Waals surface area contributed by atoms with E-state index in [1.165, 1.54) is 11.3 Å². The van der Waals surface area contributed by atoms with Gasteiger partial charge in [0.05, 0.1) is 0 Å². The molecule has 0 fully saturated rings. The summed E-state index contributed by atoms with van der Waals surface area (Å²) in [6.45, 7) is 8.99. The molecular formula is C21H25NO4S. The lowest BCUT2D eigenvalue weighted by Gasteiger charge is -2.20. The molecule has 1 atom stereocenters. The van der Waals surface area contributed by atoms with Crippen molar-refractivity contribution >= 4 is 29.0 Å². The smallest absolute Gasteiger partial charge is 0.329 e. The number of carbonyl (C=O) groups is 3. The molecule has 6 heteroatoms. The van der Waals surface area contributed by atoms with Gasteiger partial charge in [-0.25, -0.2) is 4.79 Å². The zero-order valence-corrected chi connectivity index (χ0v) is 17.1. The number of hydrogen-bond donors (Lipinski definition) is 1. The Morgan fingerprint density at radius 2 is 1.81 bits per heavy atom. The van der Waals surface area contributed by atoms with E-state index in [-0.39, 0.29) is 24.2 Å². The van der Waals surface area contributed by atoms with Crippen LogP contribution in [0.5, 0.6) is 0 Å². The van der Waals surface area contributed by atoms with Crippen LogP contribution in [0.3, 0.4) is 0 Å². The molecular weight excluding hydrogens is 362 g/mol. The maximum atomic E-state index is 12.5. The fourth-order valence-electron chi connectivity index (χ4n) is 2.72. The largest absolute Gasteiger partial charge is 0.456 e. The third-order valence-corrected chi connectivity index (χ3v) is 5.14. The van der Waals surface area contributed by atoms with Gasteiger partial charge in [0.25, 0.3) is 5.91 Å². The molecule has 1 heterocycles. The van der Waals surface area contributed by atoms with E-state index in [9.17, 15) is 14.4 Å². The highest BCUT2D eigenvalue weighted by atomic mass is 32.1. The summed E-state index contributed by atoms with van der Waals surface area (Å²) in [4.78, 5) is 39.1. The lowest BCUT2D eigenvalue weighted by atomic mass is 10.0. The average molecular weight is 388 g/mol. The van der Waals surface area contributed by atoms with Crippen LogP contribution >= 0.6 is 11.3 Å². The summed E-state index contributed by atoms with van der Waals surface area (Å²) in [5.41, 5.74) is 2.02. The van der Waals surface area contributed by atoms with Crippen LogP contribution in [0, 0.1) is 26.7 Å². The van der Waals surface area contributed by atoms with Crippen molar-refractivity contribution in [2.45, 2.75) is 40.7 Å². The lowest BCUT2D eigenvalue weighted by Crippen LogP contribution is -2.45. The summed E-state index contributed by atoms with van der Waals surface area (Å²) in [7, 11) is 0. The summed E-state index contributed by atoms with van der Waals surface area (Å²) in [6.07, 6.45) is 0. The summed E-state index contributed by atoms with van der Waals surface area (Å²) in [5, 5.41) is 2.72. The van der Waals surface area contributed by atoms with Gasteiger partial charge in [-0.3, -0.25) is 9.59 Å². The molecule has 1 aromatic heterocycles. The number of aryl methyl sites for hydroxylation is 3. The van der Waals surface area contributed by atoms with Gasteiger partial charge in [0, 0.05) is 20.9 Å². The number of benzene rings is 1. The van der Waals surface area contributed by atoms with Crippen molar-refractivity contribution in [3.8, 4) is 0 Å². The van der Waals surface area contributed by atoms with Crippen molar-refractivity contribution in [1.29, 1.82) is 0 Å². The van der Waals surface area contributed by atoms with E-state index in [1.807, 2.05) is 40.7 Å². The first-order valence-electron chi connectivity index (χ1n) is 8.83. The lowest BCUT2D eigenvalue weighted by molar-refractivity contribution is -0.145. The summed E-state index contributed by atoms with van der Waals surface area (Å²) >= 11 is 1.53. The topological polar surface area (TPSA) is 72.5 Å². The third kappa shape index (κ3) is 5.50. The molecule has 0 unspecified atom stereocenters. The van der Waals surface area contributed by atoms with Crippen molar-refractivity contribution < 1.29 is 19.1 Å². The molecule has 144 valence electrons. The van der Waals surface area contributed by atoms with Gasteiger partial charge in [0.1, 0.15) is 6.04 Å². The number of hydrogen-bond acceptors (Lipinski definition) is 5. The Labute approximate surface area is 163 Å². The molecule has 1 amide bonds. The Kier molecular flexibility index (Phi) is 6.91. The van der Waals surface area contributed by atoms with Crippen LogP contribution in [0.1, 0.15) is 49.9 Å². The quantitative estimate of drug-likeness (QED) is 0.578. The summed E-state index contributed by atoms with van der Waals surface area (Å²) < 4.78 is 5.21. The molecule has 0 aliphatic rings. The van der Waals surface area contributed by atoms with E-state index in [4.69, 9.17) is 4.74 Å². The maximum absolute atomic E-state index is 12.5. The van der Waals surface area contributed by atoms with Crippen molar-refractivity contribution in [1.82, 2.24) is 5.32 Å². The minimum atomic E-state index is -0.823. The summed E-state index contributed by atoms with van der Waals surface area (Å²) in [6, 6.07) is 8.10. The predicted molar refractivity (Wildman–Crippen MR) is 106 cm³/mol. The first-order valence-corrected chi connectivity index (χ1v) is 9.65. The number of ketones is 1. The number of nitrogens with one attached hydrogen (secondary N) is 1. The van der Waals surface area contributed by atoms with E-state index >= 15 is 0 Å². The van der Waals surface area contributed by atoms with E-state index < -0.39 is 12.0 Å². The van der Waals surface area contributed by atoms with Gasteiger partial charge < -0.3 is 10.1 Å².